The molecule has 0 spiro atoms. The van der Waals surface area contributed by atoms with Gasteiger partial charge < -0.3 is 10.5 Å². The first-order valence-corrected chi connectivity index (χ1v) is 5.18. The van der Waals surface area contributed by atoms with Crippen molar-refractivity contribution in [2.45, 2.75) is 12.5 Å². The summed E-state index contributed by atoms with van der Waals surface area (Å²) in [6, 6.07) is 5.80. The summed E-state index contributed by atoms with van der Waals surface area (Å²) in [6.45, 7) is 3.67. The molecule has 0 radical (unpaired) electrons. The average molecular weight is 256 g/mol. The Morgan fingerprint density at radius 2 is 2.36 bits per heavy atom. The van der Waals surface area contributed by atoms with Crippen molar-refractivity contribution in [2.75, 3.05) is 7.11 Å². The van der Waals surface area contributed by atoms with E-state index < -0.39 is 0 Å². The molecule has 1 aromatic rings. The Bertz CT molecular complexity index is 325. The molecule has 0 amide bonds. The molecule has 0 fully saturated rings. The first-order chi connectivity index (χ1) is 6.69. The molecule has 0 unspecified atom stereocenters. The van der Waals surface area contributed by atoms with Gasteiger partial charge in [-0.05, 0) is 18.6 Å². The lowest BCUT2D eigenvalue weighted by atomic mass is 10.0. The highest BCUT2D eigenvalue weighted by molar-refractivity contribution is 9.10. The molecule has 2 N–H and O–H groups in total. The van der Waals surface area contributed by atoms with Crippen molar-refractivity contribution in [3.05, 3.63) is 40.9 Å². The average Bonchev–Trinajstić information content (AvgIpc) is 2.17. The minimum absolute atomic E-state index is 0.0458. The topological polar surface area (TPSA) is 35.2 Å². The van der Waals surface area contributed by atoms with Gasteiger partial charge in [0.1, 0.15) is 5.75 Å². The van der Waals surface area contributed by atoms with Gasteiger partial charge in [-0.2, -0.15) is 0 Å². The zero-order chi connectivity index (χ0) is 10.6. The largest absolute Gasteiger partial charge is 0.496 e. The monoisotopic (exact) mass is 255 g/mol. The highest BCUT2D eigenvalue weighted by Gasteiger charge is 2.10. The van der Waals surface area contributed by atoms with E-state index >= 15 is 0 Å². The molecule has 76 valence electrons. The molecule has 0 saturated carbocycles. The Labute approximate surface area is 92.9 Å². The lowest BCUT2D eigenvalue weighted by molar-refractivity contribution is 0.405. The fourth-order valence-electron chi connectivity index (χ4n) is 1.30. The van der Waals surface area contributed by atoms with Crippen LogP contribution in [0.2, 0.25) is 0 Å². The Hall–Kier alpha value is -0.800. The Kier molecular flexibility index (Phi) is 4.17. The van der Waals surface area contributed by atoms with Crippen molar-refractivity contribution in [1.29, 1.82) is 0 Å². The fourth-order valence-corrected chi connectivity index (χ4v) is 1.64. The number of hydrogen-bond donors (Lipinski definition) is 1. The standard InChI is InChI=1S/C11H14BrNO/c1-3-4-10(13)9-6-5-8(12)7-11(9)14-2/h3,5-7,10H,1,4,13H2,2H3/t10-/m0/s1. The van der Waals surface area contributed by atoms with Crippen molar-refractivity contribution in [3.8, 4) is 5.75 Å². The lowest BCUT2D eigenvalue weighted by Crippen LogP contribution is -2.10. The predicted octanol–water partition coefficient (Wildman–Crippen LogP) is 3.03. The zero-order valence-electron chi connectivity index (χ0n) is 8.16. The number of benzene rings is 1. The minimum atomic E-state index is -0.0458. The summed E-state index contributed by atoms with van der Waals surface area (Å²) in [7, 11) is 1.64. The third kappa shape index (κ3) is 2.59. The van der Waals surface area contributed by atoms with Crippen molar-refractivity contribution in [1.82, 2.24) is 0 Å². The summed E-state index contributed by atoms with van der Waals surface area (Å²) < 4.78 is 6.24. The van der Waals surface area contributed by atoms with Gasteiger partial charge in [0.05, 0.1) is 7.11 Å². The summed E-state index contributed by atoms with van der Waals surface area (Å²) in [5.74, 6) is 0.814. The van der Waals surface area contributed by atoms with Crippen molar-refractivity contribution in [3.63, 3.8) is 0 Å². The number of hydrogen-bond acceptors (Lipinski definition) is 2. The van der Waals surface area contributed by atoms with Gasteiger partial charge in [0, 0.05) is 16.1 Å². The van der Waals surface area contributed by atoms with E-state index in [0.717, 1.165) is 22.2 Å². The van der Waals surface area contributed by atoms with E-state index in [1.807, 2.05) is 24.3 Å². The molecular weight excluding hydrogens is 242 g/mol. The normalized spacial score (nSPS) is 12.2. The van der Waals surface area contributed by atoms with E-state index in [1.54, 1.807) is 7.11 Å². The molecule has 1 aromatic carbocycles. The Balaban J connectivity index is 3.00. The second kappa shape index (κ2) is 5.17. The molecule has 0 aromatic heterocycles. The number of ether oxygens (including phenoxy) is 1. The second-order valence-electron chi connectivity index (χ2n) is 3.02. The van der Waals surface area contributed by atoms with Crippen LogP contribution in [0, 0.1) is 0 Å². The van der Waals surface area contributed by atoms with Crippen molar-refractivity contribution < 1.29 is 4.74 Å². The smallest absolute Gasteiger partial charge is 0.124 e. The predicted molar refractivity (Wildman–Crippen MR) is 62.4 cm³/mol. The number of nitrogens with two attached hydrogens (primary N) is 1. The molecule has 14 heavy (non-hydrogen) atoms. The number of halogens is 1. The molecule has 3 heteroatoms. The van der Waals surface area contributed by atoms with Crippen LogP contribution in [0.3, 0.4) is 0 Å². The number of methoxy groups -OCH3 is 1. The van der Waals surface area contributed by atoms with E-state index in [2.05, 4.69) is 22.5 Å². The van der Waals surface area contributed by atoms with Crippen LogP contribution in [0.4, 0.5) is 0 Å². The quantitative estimate of drug-likeness (QED) is 0.840. The van der Waals surface area contributed by atoms with Crippen LogP contribution in [0.25, 0.3) is 0 Å². The lowest BCUT2D eigenvalue weighted by Gasteiger charge is -2.14. The maximum absolute atomic E-state index is 5.97. The van der Waals surface area contributed by atoms with Gasteiger partial charge in [-0.15, -0.1) is 6.58 Å². The van der Waals surface area contributed by atoms with Crippen molar-refractivity contribution >= 4 is 15.9 Å². The van der Waals surface area contributed by atoms with Crippen LogP contribution in [-0.2, 0) is 0 Å². The first-order valence-electron chi connectivity index (χ1n) is 4.39. The van der Waals surface area contributed by atoms with Crippen molar-refractivity contribution in [2.24, 2.45) is 5.73 Å². The summed E-state index contributed by atoms with van der Waals surface area (Å²) in [5, 5.41) is 0. The van der Waals surface area contributed by atoms with E-state index in [9.17, 15) is 0 Å². The van der Waals surface area contributed by atoms with E-state index in [4.69, 9.17) is 10.5 Å². The highest BCUT2D eigenvalue weighted by atomic mass is 79.9. The van der Waals surface area contributed by atoms with Gasteiger partial charge in [-0.3, -0.25) is 0 Å². The van der Waals surface area contributed by atoms with E-state index in [1.165, 1.54) is 0 Å². The molecule has 1 rings (SSSR count). The molecule has 0 aliphatic carbocycles. The van der Waals surface area contributed by atoms with Gasteiger partial charge in [-0.25, -0.2) is 0 Å². The number of rotatable bonds is 4. The minimum Gasteiger partial charge on any atom is -0.496 e. The van der Waals surface area contributed by atoms with Crippen LogP contribution >= 0.6 is 15.9 Å². The van der Waals surface area contributed by atoms with Gasteiger partial charge in [0.25, 0.3) is 0 Å². The van der Waals surface area contributed by atoms with Gasteiger partial charge in [0.2, 0.25) is 0 Å². The van der Waals surface area contributed by atoms with Gasteiger partial charge in [-0.1, -0.05) is 28.1 Å². The maximum atomic E-state index is 5.97. The molecule has 2 nitrogen and oxygen atoms in total. The summed E-state index contributed by atoms with van der Waals surface area (Å²) in [6.07, 6.45) is 2.56. The third-order valence-electron chi connectivity index (χ3n) is 2.02. The molecule has 0 aliphatic heterocycles. The van der Waals surface area contributed by atoms with E-state index in [-0.39, 0.29) is 6.04 Å². The first kappa shape index (κ1) is 11.3. The molecular formula is C11H14BrNO. The molecule has 0 saturated heterocycles. The van der Waals surface area contributed by atoms with Crippen LogP contribution in [-0.4, -0.2) is 7.11 Å². The summed E-state index contributed by atoms with van der Waals surface area (Å²) in [4.78, 5) is 0. The molecule has 0 bridgehead atoms. The molecule has 0 heterocycles. The molecule has 1 atom stereocenters. The Morgan fingerprint density at radius 3 is 2.93 bits per heavy atom. The van der Waals surface area contributed by atoms with Crippen LogP contribution < -0.4 is 10.5 Å². The summed E-state index contributed by atoms with van der Waals surface area (Å²) >= 11 is 3.38. The van der Waals surface area contributed by atoms with Gasteiger partial charge in [0.15, 0.2) is 0 Å². The van der Waals surface area contributed by atoms with E-state index in [0.29, 0.717) is 0 Å². The molecule has 0 aliphatic rings. The fraction of sp³-hybridized carbons (Fsp3) is 0.273. The van der Waals surface area contributed by atoms with Crippen LogP contribution in [0.15, 0.2) is 35.3 Å². The zero-order valence-corrected chi connectivity index (χ0v) is 9.75. The SMILES string of the molecule is C=CC[C@H](N)c1ccc(Br)cc1OC. The van der Waals surface area contributed by atoms with Crippen LogP contribution in [0.5, 0.6) is 5.75 Å². The van der Waals surface area contributed by atoms with Crippen LogP contribution in [0.1, 0.15) is 18.0 Å². The van der Waals surface area contributed by atoms with Gasteiger partial charge >= 0.3 is 0 Å². The Morgan fingerprint density at radius 1 is 1.64 bits per heavy atom. The summed E-state index contributed by atoms with van der Waals surface area (Å²) in [5.41, 5.74) is 6.98. The maximum Gasteiger partial charge on any atom is 0.124 e. The third-order valence-corrected chi connectivity index (χ3v) is 2.51. The highest BCUT2D eigenvalue weighted by Crippen LogP contribution is 2.28. The second-order valence-corrected chi connectivity index (χ2v) is 3.93.